The number of ether oxygens (including phenoxy) is 10. The summed E-state index contributed by atoms with van der Waals surface area (Å²) in [5.74, 6) is -5.57. The van der Waals surface area contributed by atoms with Gasteiger partial charge in [0.15, 0.2) is 11.6 Å². The molecule has 0 aromatic carbocycles. The number of aliphatic hydroxyl groups is 10. The van der Waals surface area contributed by atoms with E-state index in [1.807, 2.05) is 27.7 Å². The highest BCUT2D eigenvalue weighted by molar-refractivity contribution is 6.12. The second kappa shape index (κ2) is 28.0. The molecule has 10 N–H and O–H groups in total. The van der Waals surface area contributed by atoms with Crippen LogP contribution in [0.2, 0.25) is 0 Å². The number of hydrogen-bond acceptors (Lipinski definition) is 27. The van der Waals surface area contributed by atoms with E-state index in [2.05, 4.69) is 4.84 Å². The fraction of sp³-hybridized carbons (Fsp3) is 0.875. The lowest BCUT2D eigenvalue weighted by Gasteiger charge is -2.45. The van der Waals surface area contributed by atoms with Crippen molar-refractivity contribution in [3.8, 4) is 0 Å². The highest BCUT2D eigenvalue weighted by Gasteiger charge is 2.50. The SMILES string of the molecule is CC(C)CC1OC(COCC2OC(COC(=O)ON3C(=O)CCC3=O)C(O)C(O)C2O)C(O)C(COCC2OC(CO)C(O)C(COCC3OC(COC(=O)OC4C(=O)CCC4=O)C(O)C(CC(C)C)C3O)C2O)C1O. The minimum atomic E-state index is -1.80. The number of imide groups is 1. The average Bonchev–Trinajstić information content (AvgIpc) is 3.86. The average molecular weight is 1100 g/mol. The Balaban J connectivity index is 1.01. The first-order chi connectivity index (χ1) is 36.0. The molecule has 0 radical (unpaired) electrons. The van der Waals surface area contributed by atoms with Gasteiger partial charge in [0.1, 0.15) is 74.3 Å². The van der Waals surface area contributed by atoms with Gasteiger partial charge in [-0.25, -0.2) is 9.59 Å². The Morgan fingerprint density at radius 1 is 0.461 bits per heavy atom. The molecule has 6 aliphatic rings. The van der Waals surface area contributed by atoms with E-state index in [0.29, 0.717) is 12.8 Å². The van der Waals surface area contributed by atoms with Gasteiger partial charge in [0.05, 0.1) is 89.0 Å². The molecule has 434 valence electrons. The predicted molar refractivity (Wildman–Crippen MR) is 247 cm³/mol. The first-order valence-electron chi connectivity index (χ1n) is 25.7. The van der Waals surface area contributed by atoms with Crippen LogP contribution in [0, 0.1) is 29.6 Å². The van der Waals surface area contributed by atoms with Gasteiger partial charge in [0.25, 0.3) is 11.8 Å². The zero-order chi connectivity index (χ0) is 55.7. The third kappa shape index (κ3) is 15.4. The van der Waals surface area contributed by atoms with E-state index in [0.717, 1.165) is 0 Å². The van der Waals surface area contributed by atoms with Crippen LogP contribution in [0.15, 0.2) is 0 Å². The van der Waals surface area contributed by atoms with Gasteiger partial charge in [-0.1, -0.05) is 32.8 Å². The summed E-state index contributed by atoms with van der Waals surface area (Å²) >= 11 is 0. The maximum Gasteiger partial charge on any atom is 0.534 e. The number of carbonyl (C=O) groups is 6. The first-order valence-corrected chi connectivity index (χ1v) is 25.7. The number of aliphatic hydroxyl groups excluding tert-OH is 10. The Morgan fingerprint density at radius 3 is 1.30 bits per heavy atom. The zero-order valence-electron chi connectivity index (χ0n) is 42.7. The number of rotatable bonds is 23. The first kappa shape index (κ1) is 61.6. The number of nitrogens with zero attached hydrogens (tertiary/aromatic N) is 1. The van der Waals surface area contributed by atoms with Gasteiger partial charge in [-0.3, -0.25) is 24.0 Å². The van der Waals surface area contributed by atoms with Gasteiger partial charge in [-0.2, -0.15) is 0 Å². The number of ketones is 2. The molecule has 5 aliphatic heterocycles. The monoisotopic (exact) mass is 1100 g/mol. The van der Waals surface area contributed by atoms with Crippen LogP contribution < -0.4 is 0 Å². The molecule has 0 aromatic rings. The maximum atomic E-state index is 12.4. The predicted octanol–water partition coefficient (Wildman–Crippen LogP) is -4.04. The molecule has 0 bridgehead atoms. The highest BCUT2D eigenvalue weighted by Crippen LogP contribution is 2.35. The van der Waals surface area contributed by atoms with Crippen LogP contribution in [0.3, 0.4) is 0 Å². The Kier molecular flexibility index (Phi) is 22.7. The Hall–Kier alpha value is -3.66. The fourth-order valence-electron chi connectivity index (χ4n) is 10.2. The number of Topliss-reactive ketones (excluding diaryl/α,β-unsaturated/α-hetero) is 2. The second-order valence-corrected chi connectivity index (χ2v) is 21.0. The van der Waals surface area contributed by atoms with Crippen molar-refractivity contribution in [1.82, 2.24) is 5.06 Å². The van der Waals surface area contributed by atoms with E-state index < -0.39 is 190 Å². The summed E-state index contributed by atoms with van der Waals surface area (Å²) in [6.45, 7) is 3.31. The van der Waals surface area contributed by atoms with E-state index in [4.69, 9.17) is 47.4 Å². The molecule has 28 nitrogen and oxygen atoms in total. The number of amides is 2. The molecule has 1 saturated carbocycles. The summed E-state index contributed by atoms with van der Waals surface area (Å²) in [5.41, 5.74) is 0. The minimum absolute atomic E-state index is 0.00698. The quantitative estimate of drug-likeness (QED) is 0.0264. The van der Waals surface area contributed by atoms with E-state index in [-0.39, 0.29) is 75.6 Å². The van der Waals surface area contributed by atoms with E-state index in [9.17, 15) is 79.8 Å². The van der Waals surface area contributed by atoms with E-state index >= 15 is 0 Å². The maximum absolute atomic E-state index is 12.4. The molecule has 76 heavy (non-hydrogen) atoms. The van der Waals surface area contributed by atoms with Crippen molar-refractivity contribution >= 4 is 35.7 Å². The van der Waals surface area contributed by atoms with Gasteiger partial charge < -0.3 is 98.4 Å². The van der Waals surface area contributed by atoms with Gasteiger partial charge in [-0.15, -0.1) is 0 Å². The molecule has 1 aliphatic carbocycles. The topological polar surface area (TPSA) is 409 Å². The van der Waals surface area contributed by atoms with Crippen molar-refractivity contribution in [2.75, 3.05) is 59.5 Å². The van der Waals surface area contributed by atoms with Crippen LogP contribution in [-0.4, -0.2) is 261 Å². The molecule has 20 unspecified atom stereocenters. The minimum Gasteiger partial charge on any atom is -0.431 e. The molecule has 0 spiro atoms. The summed E-state index contributed by atoms with van der Waals surface area (Å²) in [6.07, 6.45) is -27.2. The smallest absolute Gasteiger partial charge is 0.431 e. The Labute approximate surface area is 437 Å². The molecular formula is C48H75NO27. The van der Waals surface area contributed by atoms with Crippen molar-refractivity contribution < 1.29 is 132 Å². The summed E-state index contributed by atoms with van der Waals surface area (Å²) in [4.78, 5) is 76.7. The fourth-order valence-corrected chi connectivity index (χ4v) is 10.2. The van der Waals surface area contributed by atoms with Crippen LogP contribution in [0.25, 0.3) is 0 Å². The second-order valence-electron chi connectivity index (χ2n) is 21.0. The molecule has 28 heteroatoms. The largest absolute Gasteiger partial charge is 0.534 e. The molecule has 5 saturated heterocycles. The van der Waals surface area contributed by atoms with Gasteiger partial charge >= 0.3 is 12.3 Å². The van der Waals surface area contributed by atoms with E-state index in [1.54, 1.807) is 0 Å². The standard InChI is InChI=1S/C48H75NO27/c1-20(2)9-22-37(55)29(73-33(38(22)56)18-69-47(64)75-46-25(51)5-6-26(46)52)14-67-13-24-40(58)28(11-50)72-31(42(24)60)15-66-12-23-39(57)27(10-21(3)4)71-30(41(23)59)16-68-17-32-43(61)45(63)44(62)34(74-32)19-70-48(65)76-49-35(53)7-8-36(49)54/h20-24,27-34,37-46,50,55-63H,5-19H2,1-4H3. The van der Waals surface area contributed by atoms with Gasteiger partial charge in [-0.05, 0) is 24.7 Å². The normalized spacial score (nSPS) is 38.6. The number of hydroxylamine groups is 2. The lowest BCUT2D eigenvalue weighted by molar-refractivity contribution is -0.254. The molecule has 6 rings (SSSR count). The third-order valence-electron chi connectivity index (χ3n) is 14.5. The van der Waals surface area contributed by atoms with Gasteiger partial charge in [0.2, 0.25) is 6.10 Å². The van der Waals surface area contributed by atoms with Crippen molar-refractivity contribution in [3.05, 3.63) is 0 Å². The van der Waals surface area contributed by atoms with Crippen LogP contribution >= 0.6 is 0 Å². The lowest BCUT2D eigenvalue weighted by atomic mass is 9.81. The van der Waals surface area contributed by atoms with E-state index in [1.165, 1.54) is 0 Å². The zero-order valence-corrected chi connectivity index (χ0v) is 42.7. The van der Waals surface area contributed by atoms with Crippen LogP contribution in [0.5, 0.6) is 0 Å². The summed E-state index contributed by atoms with van der Waals surface area (Å²) in [5, 5.41) is 110. The molecule has 5 heterocycles. The Morgan fingerprint density at radius 2 is 0.829 bits per heavy atom. The lowest BCUT2D eigenvalue weighted by Crippen LogP contribution is -2.60. The molecule has 20 atom stereocenters. The van der Waals surface area contributed by atoms with Crippen LogP contribution in [-0.2, 0) is 71.4 Å². The van der Waals surface area contributed by atoms with Crippen molar-refractivity contribution in [1.29, 1.82) is 0 Å². The van der Waals surface area contributed by atoms with Crippen molar-refractivity contribution in [3.63, 3.8) is 0 Å². The summed E-state index contributed by atoms with van der Waals surface area (Å²) < 4.78 is 56.1. The number of hydrogen-bond donors (Lipinski definition) is 10. The summed E-state index contributed by atoms with van der Waals surface area (Å²) in [7, 11) is 0. The van der Waals surface area contributed by atoms with Crippen LogP contribution in [0.4, 0.5) is 9.59 Å². The molecule has 0 aromatic heterocycles. The molecule has 6 fully saturated rings. The Bertz CT molecular complexity index is 1910. The molecular weight excluding hydrogens is 1020 g/mol. The van der Waals surface area contributed by atoms with Crippen molar-refractivity contribution in [2.45, 2.75) is 176 Å². The van der Waals surface area contributed by atoms with Gasteiger partial charge in [0, 0.05) is 43.4 Å². The van der Waals surface area contributed by atoms with Crippen molar-refractivity contribution in [2.24, 2.45) is 29.6 Å². The number of carbonyl (C=O) groups excluding carboxylic acids is 6. The highest BCUT2D eigenvalue weighted by atomic mass is 16.8. The van der Waals surface area contributed by atoms with Crippen LogP contribution in [0.1, 0.15) is 66.2 Å². The third-order valence-corrected chi connectivity index (χ3v) is 14.5. The summed E-state index contributed by atoms with van der Waals surface area (Å²) in [6, 6.07) is 0. The molecule has 2 amide bonds.